The smallest absolute Gasteiger partial charge is 0.264 e. The number of rotatable bonds is 3. The maximum absolute atomic E-state index is 13.8. The minimum absolute atomic E-state index is 0.00837. The first-order valence-electron chi connectivity index (χ1n) is 6.31. The Morgan fingerprint density at radius 2 is 2.10 bits per heavy atom. The molecule has 2 aromatic heterocycles. The van der Waals surface area contributed by atoms with Gasteiger partial charge < -0.3 is 0 Å². The van der Waals surface area contributed by atoms with E-state index in [1.807, 2.05) is 6.92 Å². The second-order valence-corrected chi connectivity index (χ2v) is 4.48. The first-order valence-corrected chi connectivity index (χ1v) is 6.31. The summed E-state index contributed by atoms with van der Waals surface area (Å²) < 4.78 is 28.1. The summed E-state index contributed by atoms with van der Waals surface area (Å²) in [5, 5.41) is 7.91. The van der Waals surface area contributed by atoms with E-state index in [0.29, 0.717) is 18.3 Å². The Bertz CT molecular complexity index is 871. The highest BCUT2D eigenvalue weighted by Gasteiger charge is 2.12. The van der Waals surface area contributed by atoms with Gasteiger partial charge >= 0.3 is 0 Å². The zero-order chi connectivity index (χ0) is 15.0. The third-order valence-corrected chi connectivity index (χ3v) is 3.04. The minimum atomic E-state index is -0.922. The van der Waals surface area contributed by atoms with Gasteiger partial charge in [-0.1, -0.05) is 0 Å². The number of hydrogen-bond donors (Lipinski definition) is 0. The fourth-order valence-corrected chi connectivity index (χ4v) is 2.05. The zero-order valence-electron chi connectivity index (χ0n) is 11.1. The first-order chi connectivity index (χ1) is 10.1. The van der Waals surface area contributed by atoms with E-state index in [9.17, 15) is 13.6 Å². The van der Waals surface area contributed by atoms with Gasteiger partial charge in [-0.25, -0.2) is 13.8 Å². The van der Waals surface area contributed by atoms with Crippen LogP contribution in [-0.2, 0) is 13.1 Å². The average Bonchev–Trinajstić information content (AvgIpc) is 2.89. The number of nitrogens with zero attached hydrogens (tertiary/aromatic N) is 5. The van der Waals surface area contributed by atoms with Crippen LogP contribution in [0.3, 0.4) is 0 Å². The number of aryl methyl sites for hydroxylation is 1. The van der Waals surface area contributed by atoms with Gasteiger partial charge in [-0.2, -0.15) is 15.0 Å². The Labute approximate surface area is 117 Å². The minimum Gasteiger partial charge on any atom is -0.292 e. The van der Waals surface area contributed by atoms with Gasteiger partial charge in [0.2, 0.25) is 0 Å². The van der Waals surface area contributed by atoms with E-state index in [1.54, 1.807) is 0 Å². The van der Waals surface area contributed by atoms with Crippen LogP contribution in [-0.4, -0.2) is 24.5 Å². The number of fused-ring (bicyclic) bond motifs is 1. The van der Waals surface area contributed by atoms with E-state index < -0.39 is 17.2 Å². The molecule has 0 amide bonds. The number of hydrogen-bond acceptors (Lipinski definition) is 4. The van der Waals surface area contributed by atoms with E-state index in [0.717, 1.165) is 6.07 Å². The molecule has 0 aliphatic heterocycles. The molecule has 0 saturated heterocycles. The lowest BCUT2D eigenvalue weighted by atomic mass is 10.2. The third kappa shape index (κ3) is 2.39. The van der Waals surface area contributed by atoms with E-state index in [4.69, 9.17) is 0 Å². The molecule has 21 heavy (non-hydrogen) atoms. The summed E-state index contributed by atoms with van der Waals surface area (Å²) in [6.45, 7) is 2.62. The zero-order valence-corrected chi connectivity index (χ0v) is 11.1. The SMILES string of the molecule is CCn1ncc(Cn2cnc3cc(F)cc(F)c3c2=O)n1. The van der Waals surface area contributed by atoms with Crippen molar-refractivity contribution in [2.24, 2.45) is 0 Å². The molecule has 0 N–H and O–H groups in total. The highest BCUT2D eigenvalue weighted by Crippen LogP contribution is 2.13. The van der Waals surface area contributed by atoms with Gasteiger partial charge in [0.15, 0.2) is 0 Å². The summed E-state index contributed by atoms with van der Waals surface area (Å²) in [4.78, 5) is 17.6. The van der Waals surface area contributed by atoms with Crippen LogP contribution in [0.2, 0.25) is 0 Å². The molecule has 0 aliphatic rings. The average molecular weight is 291 g/mol. The van der Waals surface area contributed by atoms with Crippen LogP contribution < -0.4 is 5.56 Å². The molecule has 8 heteroatoms. The van der Waals surface area contributed by atoms with Crippen molar-refractivity contribution in [1.82, 2.24) is 24.5 Å². The molecule has 0 bridgehead atoms. The molecular formula is C13H11F2N5O. The van der Waals surface area contributed by atoms with Crippen molar-refractivity contribution < 1.29 is 8.78 Å². The van der Waals surface area contributed by atoms with Crippen LogP contribution in [0.25, 0.3) is 10.9 Å². The van der Waals surface area contributed by atoms with Crippen LogP contribution >= 0.6 is 0 Å². The topological polar surface area (TPSA) is 65.6 Å². The summed E-state index contributed by atoms with van der Waals surface area (Å²) in [5.74, 6) is -1.69. The molecular weight excluding hydrogens is 280 g/mol. The lowest BCUT2D eigenvalue weighted by molar-refractivity contribution is 0.559. The Kier molecular flexibility index (Phi) is 3.20. The maximum atomic E-state index is 13.8. The second-order valence-electron chi connectivity index (χ2n) is 4.48. The first kappa shape index (κ1) is 13.3. The summed E-state index contributed by atoms with van der Waals surface area (Å²) in [7, 11) is 0. The Morgan fingerprint density at radius 3 is 2.81 bits per heavy atom. The van der Waals surface area contributed by atoms with E-state index in [-0.39, 0.29) is 17.4 Å². The van der Waals surface area contributed by atoms with Gasteiger partial charge in [0.05, 0.1) is 31.1 Å². The Morgan fingerprint density at radius 1 is 1.29 bits per heavy atom. The molecule has 3 rings (SSSR count). The van der Waals surface area contributed by atoms with Crippen molar-refractivity contribution in [1.29, 1.82) is 0 Å². The predicted molar refractivity (Wildman–Crippen MR) is 70.7 cm³/mol. The molecule has 0 fully saturated rings. The van der Waals surface area contributed by atoms with Gasteiger partial charge in [0.1, 0.15) is 22.7 Å². The molecule has 3 aromatic rings. The van der Waals surface area contributed by atoms with Crippen molar-refractivity contribution in [3.8, 4) is 0 Å². The van der Waals surface area contributed by atoms with E-state index in [1.165, 1.54) is 21.9 Å². The fourth-order valence-electron chi connectivity index (χ4n) is 2.05. The molecule has 108 valence electrons. The normalized spacial score (nSPS) is 11.2. The predicted octanol–water partition coefficient (Wildman–Crippen LogP) is 1.33. The Balaban J connectivity index is 2.08. The number of benzene rings is 1. The summed E-state index contributed by atoms with van der Waals surface area (Å²) >= 11 is 0. The van der Waals surface area contributed by atoms with Gasteiger partial charge in [-0.05, 0) is 6.92 Å². The maximum Gasteiger partial charge on any atom is 0.264 e. The van der Waals surface area contributed by atoms with Crippen LogP contribution in [0.15, 0.2) is 29.5 Å². The van der Waals surface area contributed by atoms with Crippen molar-refractivity contribution in [3.05, 3.63) is 52.3 Å². The van der Waals surface area contributed by atoms with Gasteiger partial charge in [0.25, 0.3) is 5.56 Å². The molecule has 6 nitrogen and oxygen atoms in total. The monoisotopic (exact) mass is 291 g/mol. The molecule has 2 heterocycles. The largest absolute Gasteiger partial charge is 0.292 e. The highest BCUT2D eigenvalue weighted by molar-refractivity contribution is 5.77. The van der Waals surface area contributed by atoms with Crippen molar-refractivity contribution >= 4 is 10.9 Å². The Hall–Kier alpha value is -2.64. The third-order valence-electron chi connectivity index (χ3n) is 3.04. The van der Waals surface area contributed by atoms with Crippen LogP contribution in [0.4, 0.5) is 8.78 Å². The van der Waals surface area contributed by atoms with Gasteiger partial charge in [-0.15, -0.1) is 0 Å². The van der Waals surface area contributed by atoms with Crippen LogP contribution in [0, 0.1) is 11.6 Å². The summed E-state index contributed by atoms with van der Waals surface area (Å²) in [5.41, 5.74) is -0.0304. The van der Waals surface area contributed by atoms with E-state index >= 15 is 0 Å². The number of aromatic nitrogens is 5. The fraction of sp³-hybridized carbons (Fsp3) is 0.231. The van der Waals surface area contributed by atoms with Crippen molar-refractivity contribution in [3.63, 3.8) is 0 Å². The molecule has 0 atom stereocenters. The van der Waals surface area contributed by atoms with Gasteiger partial charge in [0, 0.05) is 12.1 Å². The standard InChI is InChI=1S/C13H11F2N5O/c1-2-20-17-5-9(18-20)6-19-7-16-11-4-8(14)3-10(15)12(11)13(19)21/h3-5,7H,2,6H2,1H3. The van der Waals surface area contributed by atoms with Gasteiger partial charge in [-0.3, -0.25) is 9.36 Å². The van der Waals surface area contributed by atoms with Crippen molar-refractivity contribution in [2.45, 2.75) is 20.0 Å². The quantitative estimate of drug-likeness (QED) is 0.730. The van der Waals surface area contributed by atoms with Crippen molar-refractivity contribution in [2.75, 3.05) is 0 Å². The molecule has 1 aromatic carbocycles. The summed E-state index contributed by atoms with van der Waals surface area (Å²) in [6.07, 6.45) is 2.77. The van der Waals surface area contributed by atoms with E-state index in [2.05, 4.69) is 15.2 Å². The molecule has 0 radical (unpaired) electrons. The lowest BCUT2D eigenvalue weighted by Crippen LogP contribution is -2.22. The van der Waals surface area contributed by atoms with Crippen LogP contribution in [0.5, 0.6) is 0 Å². The molecule has 0 saturated carbocycles. The molecule has 0 unspecified atom stereocenters. The second kappa shape index (κ2) is 5.04. The van der Waals surface area contributed by atoms with Crippen LogP contribution in [0.1, 0.15) is 12.6 Å². The molecule has 0 aliphatic carbocycles. The lowest BCUT2D eigenvalue weighted by Gasteiger charge is -2.05. The number of halogens is 2. The summed E-state index contributed by atoms with van der Waals surface area (Å²) in [6, 6.07) is 1.70. The molecule has 0 spiro atoms. The highest BCUT2D eigenvalue weighted by atomic mass is 19.1.